The molecular weight excluding hydrogens is 408 g/mol. The molecule has 3 aromatic carbocycles. The monoisotopic (exact) mass is 431 g/mol. The highest BCUT2D eigenvalue weighted by molar-refractivity contribution is 6.02. The molecule has 7 nitrogen and oxygen atoms in total. The molecule has 0 N–H and O–H groups in total. The summed E-state index contributed by atoms with van der Waals surface area (Å²) in [5.74, 6) is 0. The van der Waals surface area contributed by atoms with Gasteiger partial charge in [0.25, 0.3) is 0 Å². The zero-order valence-corrected chi connectivity index (χ0v) is 17.9. The quantitative estimate of drug-likeness (QED) is 0.542. The Balaban J connectivity index is 1.72. The minimum atomic E-state index is -0.642. The number of carbonyl (C=O) groups is 2. The Labute approximate surface area is 186 Å². The van der Waals surface area contributed by atoms with E-state index in [0.717, 1.165) is 11.1 Å². The molecule has 1 radical (unpaired) electrons. The molecule has 0 saturated carbocycles. The Hall–Kier alpha value is -4.13. The number of rotatable bonds is 7. The van der Waals surface area contributed by atoms with E-state index >= 15 is 0 Å². The lowest BCUT2D eigenvalue weighted by atomic mass is 10.1. The molecule has 32 heavy (non-hydrogen) atoms. The second kappa shape index (κ2) is 10.8. The largest absolute Gasteiger partial charge is 0.444 e. The molecular formula is C25H23N2O5. The smallest absolute Gasteiger partial charge is 0.414 e. The zero-order chi connectivity index (χ0) is 22.9. The van der Waals surface area contributed by atoms with Gasteiger partial charge in [0.2, 0.25) is 6.29 Å². The van der Waals surface area contributed by atoms with Crippen molar-refractivity contribution in [3.63, 3.8) is 0 Å². The van der Waals surface area contributed by atoms with Crippen LogP contribution in [0.5, 0.6) is 0 Å². The lowest BCUT2D eigenvalue weighted by Crippen LogP contribution is -2.31. The van der Waals surface area contributed by atoms with E-state index in [9.17, 15) is 14.4 Å². The van der Waals surface area contributed by atoms with Crippen molar-refractivity contribution in [2.45, 2.75) is 13.2 Å². The lowest BCUT2D eigenvalue weighted by Gasteiger charge is -2.23. The first-order valence-corrected chi connectivity index (χ1v) is 9.91. The van der Waals surface area contributed by atoms with Crippen LogP contribution >= 0.6 is 0 Å². The summed E-state index contributed by atoms with van der Waals surface area (Å²) in [6, 6.07) is 23.3. The summed E-state index contributed by atoms with van der Waals surface area (Å²) in [6.07, 6.45) is 0.551. The average molecular weight is 431 g/mol. The van der Waals surface area contributed by atoms with E-state index in [1.54, 1.807) is 18.2 Å². The molecule has 3 rings (SSSR count). The van der Waals surface area contributed by atoms with Gasteiger partial charge in [-0.2, -0.15) is 0 Å². The standard InChI is InChI=1S/C25H23N2O5/c1-26(24(29)31-17-19-10-5-3-6-11-19)22-14-9-15-23(21(22)16-28)27(2)25(30)32-18-20-12-7-4-8-13-20/h3-15H,17-18H2,1-2H3. The number of nitrogens with zero attached hydrogens (tertiary/aromatic N) is 2. The molecule has 0 heterocycles. The summed E-state index contributed by atoms with van der Waals surface area (Å²) in [4.78, 5) is 39.2. The van der Waals surface area contributed by atoms with Crippen LogP contribution in [0.3, 0.4) is 0 Å². The van der Waals surface area contributed by atoms with E-state index in [2.05, 4.69) is 0 Å². The Morgan fingerprint density at radius 1 is 0.688 bits per heavy atom. The molecule has 2 amide bonds. The van der Waals surface area contributed by atoms with Crippen molar-refractivity contribution in [2.75, 3.05) is 23.9 Å². The van der Waals surface area contributed by atoms with Crippen LogP contribution in [-0.4, -0.2) is 32.6 Å². The second-order valence-electron chi connectivity index (χ2n) is 6.97. The van der Waals surface area contributed by atoms with E-state index < -0.39 is 12.2 Å². The number of amides is 2. The normalized spacial score (nSPS) is 10.2. The van der Waals surface area contributed by atoms with Crippen molar-refractivity contribution in [1.29, 1.82) is 0 Å². The lowest BCUT2D eigenvalue weighted by molar-refractivity contribution is 0.148. The van der Waals surface area contributed by atoms with Crippen LogP contribution in [0.25, 0.3) is 0 Å². The molecule has 163 valence electrons. The fraction of sp³-hybridized carbons (Fsp3) is 0.160. The van der Waals surface area contributed by atoms with Gasteiger partial charge < -0.3 is 9.47 Å². The summed E-state index contributed by atoms with van der Waals surface area (Å²) in [5.41, 5.74) is 2.25. The van der Waals surface area contributed by atoms with Crippen molar-refractivity contribution < 1.29 is 23.9 Å². The molecule has 0 unspecified atom stereocenters. The summed E-state index contributed by atoms with van der Waals surface area (Å²) in [7, 11) is 2.97. The van der Waals surface area contributed by atoms with Gasteiger partial charge in [-0.15, -0.1) is 0 Å². The van der Waals surface area contributed by atoms with E-state index in [4.69, 9.17) is 9.47 Å². The maximum atomic E-state index is 12.5. The molecule has 0 aromatic heterocycles. The van der Waals surface area contributed by atoms with Crippen LogP contribution in [-0.2, 0) is 27.5 Å². The van der Waals surface area contributed by atoms with Gasteiger partial charge in [0.15, 0.2) is 0 Å². The first-order valence-electron chi connectivity index (χ1n) is 9.91. The van der Waals surface area contributed by atoms with Gasteiger partial charge >= 0.3 is 12.2 Å². The van der Waals surface area contributed by atoms with E-state index in [0.29, 0.717) is 0 Å². The number of ether oxygens (including phenoxy) is 2. The number of hydrogen-bond acceptors (Lipinski definition) is 5. The third-order valence-electron chi connectivity index (χ3n) is 4.80. The predicted octanol–water partition coefficient (Wildman–Crippen LogP) is 4.69. The summed E-state index contributed by atoms with van der Waals surface area (Å²) >= 11 is 0. The van der Waals surface area contributed by atoms with Crippen molar-refractivity contribution in [3.05, 3.63) is 95.6 Å². The van der Waals surface area contributed by atoms with E-state index in [1.165, 1.54) is 23.9 Å². The SMILES string of the molecule is CN(C(=O)OCc1ccccc1)c1cccc(N(C)C(=O)OCc2ccccc2)c1[C]=O. The van der Waals surface area contributed by atoms with Crippen LogP contribution in [0, 0.1) is 0 Å². The average Bonchev–Trinajstić information content (AvgIpc) is 2.85. The minimum Gasteiger partial charge on any atom is -0.444 e. The molecule has 0 aliphatic carbocycles. The van der Waals surface area contributed by atoms with Crippen LogP contribution in [0.4, 0.5) is 21.0 Å². The van der Waals surface area contributed by atoms with Crippen LogP contribution in [0.15, 0.2) is 78.9 Å². The highest BCUT2D eigenvalue weighted by Crippen LogP contribution is 2.28. The number of anilines is 2. The van der Waals surface area contributed by atoms with Crippen molar-refractivity contribution in [1.82, 2.24) is 0 Å². The maximum absolute atomic E-state index is 12.5. The van der Waals surface area contributed by atoms with Crippen LogP contribution < -0.4 is 9.80 Å². The van der Waals surface area contributed by atoms with Crippen molar-refractivity contribution in [3.8, 4) is 0 Å². The Bertz CT molecular complexity index is 990. The molecule has 0 atom stereocenters. The second-order valence-corrected chi connectivity index (χ2v) is 6.97. The number of carbonyl (C=O) groups excluding carboxylic acids is 3. The highest BCUT2D eigenvalue weighted by Gasteiger charge is 2.23. The zero-order valence-electron chi connectivity index (χ0n) is 17.9. The third kappa shape index (κ3) is 5.51. The predicted molar refractivity (Wildman–Crippen MR) is 121 cm³/mol. The molecule has 0 bridgehead atoms. The minimum absolute atomic E-state index is 0.0471. The van der Waals surface area contributed by atoms with Crippen LogP contribution in [0.2, 0.25) is 0 Å². The maximum Gasteiger partial charge on any atom is 0.414 e. The molecule has 0 fully saturated rings. The first-order chi connectivity index (χ1) is 15.5. The van der Waals surface area contributed by atoms with Gasteiger partial charge in [-0.1, -0.05) is 66.7 Å². The molecule has 3 aromatic rings. The highest BCUT2D eigenvalue weighted by atomic mass is 16.6. The van der Waals surface area contributed by atoms with Gasteiger partial charge in [-0.05, 0) is 23.3 Å². The van der Waals surface area contributed by atoms with Crippen molar-refractivity contribution >= 4 is 29.8 Å². The molecule has 0 aliphatic heterocycles. The Morgan fingerprint density at radius 3 is 1.47 bits per heavy atom. The Morgan fingerprint density at radius 2 is 1.09 bits per heavy atom. The topological polar surface area (TPSA) is 76.2 Å². The van der Waals surface area contributed by atoms with Gasteiger partial charge in [0.05, 0.1) is 16.9 Å². The molecule has 0 aliphatic rings. The third-order valence-corrected chi connectivity index (χ3v) is 4.80. The summed E-state index contributed by atoms with van der Waals surface area (Å²) < 4.78 is 10.7. The summed E-state index contributed by atoms with van der Waals surface area (Å²) in [6.45, 7) is 0.186. The fourth-order valence-electron chi connectivity index (χ4n) is 3.02. The number of hydrogen-bond donors (Lipinski definition) is 0. The molecule has 0 saturated heterocycles. The number of benzene rings is 3. The van der Waals surface area contributed by atoms with Gasteiger partial charge in [0, 0.05) is 14.1 Å². The fourth-order valence-corrected chi connectivity index (χ4v) is 3.02. The van der Waals surface area contributed by atoms with E-state index in [1.807, 2.05) is 66.9 Å². The first kappa shape index (κ1) is 22.6. The van der Waals surface area contributed by atoms with Gasteiger partial charge in [0.1, 0.15) is 13.2 Å². The Kier molecular flexibility index (Phi) is 7.59. The molecule has 7 heteroatoms. The summed E-state index contributed by atoms with van der Waals surface area (Å²) in [5, 5.41) is 0. The van der Waals surface area contributed by atoms with Crippen LogP contribution in [0.1, 0.15) is 16.7 Å². The van der Waals surface area contributed by atoms with E-state index in [-0.39, 0.29) is 30.2 Å². The van der Waals surface area contributed by atoms with Gasteiger partial charge in [-0.25, -0.2) is 9.59 Å². The van der Waals surface area contributed by atoms with Crippen molar-refractivity contribution in [2.24, 2.45) is 0 Å². The molecule has 0 spiro atoms. The van der Waals surface area contributed by atoms with Gasteiger partial charge in [-0.3, -0.25) is 14.6 Å².